The number of nitrogens with one attached hydrogen (secondary N) is 1. The summed E-state index contributed by atoms with van der Waals surface area (Å²) in [4.78, 5) is 0. The molecule has 4 heteroatoms. The maximum absolute atomic E-state index is 11.3. The van der Waals surface area contributed by atoms with Gasteiger partial charge in [-0.25, -0.2) is 8.42 Å². The summed E-state index contributed by atoms with van der Waals surface area (Å²) >= 11 is 0. The molecule has 2 aromatic rings. The van der Waals surface area contributed by atoms with Gasteiger partial charge in [0.15, 0.2) is 0 Å². The normalized spacial score (nSPS) is 15.2. The van der Waals surface area contributed by atoms with Crippen molar-refractivity contribution in [2.75, 3.05) is 12.0 Å². The Labute approximate surface area is 120 Å². The lowest BCUT2D eigenvalue weighted by Crippen LogP contribution is -2.34. The first-order valence-electron chi connectivity index (χ1n) is 6.78. The molecule has 0 saturated carbocycles. The Balaban J connectivity index is 2.21. The van der Waals surface area contributed by atoms with E-state index in [-0.39, 0.29) is 17.8 Å². The first-order valence-corrected chi connectivity index (χ1v) is 8.84. The minimum Gasteiger partial charge on any atom is -0.307 e. The van der Waals surface area contributed by atoms with Crippen LogP contribution in [0.2, 0.25) is 0 Å². The van der Waals surface area contributed by atoms with Crippen LogP contribution in [-0.2, 0) is 9.84 Å². The van der Waals surface area contributed by atoms with Gasteiger partial charge in [-0.3, -0.25) is 0 Å². The quantitative estimate of drug-likeness (QED) is 0.921. The van der Waals surface area contributed by atoms with Gasteiger partial charge >= 0.3 is 0 Å². The number of hydrogen-bond acceptors (Lipinski definition) is 3. The summed E-state index contributed by atoms with van der Waals surface area (Å²) in [5, 5.41) is 5.78. The molecule has 0 bridgehead atoms. The van der Waals surface area contributed by atoms with Crippen molar-refractivity contribution < 1.29 is 8.42 Å². The summed E-state index contributed by atoms with van der Waals surface area (Å²) < 4.78 is 22.7. The van der Waals surface area contributed by atoms with E-state index in [4.69, 9.17) is 0 Å². The Hall–Kier alpha value is -1.39. The van der Waals surface area contributed by atoms with Crippen LogP contribution in [0.1, 0.15) is 25.5 Å². The predicted octanol–water partition coefficient (Wildman–Crippen LogP) is 2.92. The lowest BCUT2D eigenvalue weighted by Gasteiger charge is -2.21. The molecular formula is C16H21NO2S. The fourth-order valence-electron chi connectivity index (χ4n) is 2.65. The third-order valence-electron chi connectivity index (χ3n) is 3.38. The molecule has 0 aromatic heterocycles. The van der Waals surface area contributed by atoms with E-state index in [1.165, 1.54) is 22.6 Å². The smallest absolute Gasteiger partial charge is 0.148 e. The molecule has 2 unspecified atom stereocenters. The Kier molecular flexibility index (Phi) is 4.45. The molecule has 1 N–H and O–H groups in total. The highest BCUT2D eigenvalue weighted by Gasteiger charge is 2.15. The lowest BCUT2D eigenvalue weighted by molar-refractivity contribution is 0.503. The lowest BCUT2D eigenvalue weighted by atomic mass is 9.99. The summed E-state index contributed by atoms with van der Waals surface area (Å²) in [5.74, 6) is 0.155. The van der Waals surface area contributed by atoms with Crippen LogP contribution in [0.4, 0.5) is 0 Å². The molecule has 0 spiro atoms. The fraction of sp³-hybridized carbons (Fsp3) is 0.375. The molecule has 3 nitrogen and oxygen atoms in total. The molecule has 2 aromatic carbocycles. The second-order valence-electron chi connectivity index (χ2n) is 5.45. The van der Waals surface area contributed by atoms with Gasteiger partial charge in [0.05, 0.1) is 5.75 Å². The minimum absolute atomic E-state index is 0.0704. The number of sulfone groups is 1. The average Bonchev–Trinajstić information content (AvgIpc) is 2.35. The van der Waals surface area contributed by atoms with Crippen molar-refractivity contribution in [3.8, 4) is 0 Å². The highest BCUT2D eigenvalue weighted by molar-refractivity contribution is 7.90. The Bertz CT molecular complexity index is 689. The molecule has 20 heavy (non-hydrogen) atoms. The topological polar surface area (TPSA) is 46.2 Å². The van der Waals surface area contributed by atoms with Gasteiger partial charge in [-0.15, -0.1) is 0 Å². The van der Waals surface area contributed by atoms with E-state index in [2.05, 4.69) is 36.5 Å². The maximum atomic E-state index is 11.3. The molecule has 0 aliphatic heterocycles. The van der Waals surface area contributed by atoms with Crippen LogP contribution in [0.5, 0.6) is 0 Å². The molecule has 0 aliphatic rings. The molecule has 2 rings (SSSR count). The van der Waals surface area contributed by atoms with E-state index in [0.29, 0.717) is 0 Å². The molecule has 0 radical (unpaired) electrons. The van der Waals surface area contributed by atoms with E-state index >= 15 is 0 Å². The van der Waals surface area contributed by atoms with E-state index in [9.17, 15) is 8.42 Å². The number of rotatable bonds is 5. The molecule has 108 valence electrons. The maximum Gasteiger partial charge on any atom is 0.148 e. The zero-order valence-electron chi connectivity index (χ0n) is 12.1. The molecule has 0 fully saturated rings. The van der Waals surface area contributed by atoms with Gasteiger partial charge in [0.2, 0.25) is 0 Å². The van der Waals surface area contributed by atoms with Gasteiger partial charge in [0.25, 0.3) is 0 Å². The summed E-state index contributed by atoms with van der Waals surface area (Å²) in [5.41, 5.74) is 1.20. The molecule has 2 atom stereocenters. The standard InChI is InChI=1S/C16H21NO2S/c1-12(11-20(3,18)19)17-13(2)15-10-6-8-14-7-4-5-9-16(14)15/h4-10,12-13,17H,11H2,1-3H3. The van der Waals surface area contributed by atoms with Gasteiger partial charge in [-0.05, 0) is 30.2 Å². The van der Waals surface area contributed by atoms with Crippen LogP contribution in [0.15, 0.2) is 42.5 Å². The van der Waals surface area contributed by atoms with E-state index in [1.807, 2.05) is 25.1 Å². The molecule has 0 saturated heterocycles. The third-order valence-corrected chi connectivity index (χ3v) is 4.48. The van der Waals surface area contributed by atoms with Gasteiger partial charge in [-0.2, -0.15) is 0 Å². The summed E-state index contributed by atoms with van der Waals surface area (Å²) in [6.07, 6.45) is 1.27. The van der Waals surface area contributed by atoms with Crippen LogP contribution in [0.3, 0.4) is 0 Å². The van der Waals surface area contributed by atoms with Crippen molar-refractivity contribution in [3.05, 3.63) is 48.0 Å². The largest absolute Gasteiger partial charge is 0.307 e. The first kappa shape index (κ1) is 15.0. The van der Waals surface area contributed by atoms with Crippen LogP contribution in [0.25, 0.3) is 10.8 Å². The van der Waals surface area contributed by atoms with E-state index in [1.54, 1.807) is 0 Å². The van der Waals surface area contributed by atoms with Crippen molar-refractivity contribution in [1.29, 1.82) is 0 Å². The van der Waals surface area contributed by atoms with Crippen LogP contribution in [0, 0.1) is 0 Å². The molecule has 0 aliphatic carbocycles. The molecule has 0 heterocycles. The van der Waals surface area contributed by atoms with E-state index < -0.39 is 9.84 Å². The second kappa shape index (κ2) is 5.94. The summed E-state index contributed by atoms with van der Waals surface area (Å²) in [6.45, 7) is 3.98. The van der Waals surface area contributed by atoms with Crippen molar-refractivity contribution in [2.45, 2.75) is 25.9 Å². The van der Waals surface area contributed by atoms with Crippen molar-refractivity contribution >= 4 is 20.6 Å². The SMILES string of the molecule is CC(CS(C)(=O)=O)NC(C)c1cccc2ccccc12. The van der Waals surface area contributed by atoms with E-state index in [0.717, 1.165) is 0 Å². The minimum atomic E-state index is -2.96. The zero-order chi connectivity index (χ0) is 14.8. The Morgan fingerprint density at radius 1 is 1.05 bits per heavy atom. The third kappa shape index (κ3) is 3.81. The van der Waals surface area contributed by atoms with Gasteiger partial charge in [0, 0.05) is 18.3 Å². The number of benzene rings is 2. The van der Waals surface area contributed by atoms with Gasteiger partial charge in [-0.1, -0.05) is 42.5 Å². The predicted molar refractivity (Wildman–Crippen MR) is 84.7 cm³/mol. The van der Waals surface area contributed by atoms with Crippen LogP contribution in [-0.4, -0.2) is 26.5 Å². The van der Waals surface area contributed by atoms with Crippen LogP contribution < -0.4 is 5.32 Å². The highest BCUT2D eigenvalue weighted by atomic mass is 32.2. The van der Waals surface area contributed by atoms with Crippen LogP contribution >= 0.6 is 0 Å². The van der Waals surface area contributed by atoms with Crippen molar-refractivity contribution in [1.82, 2.24) is 5.32 Å². The average molecular weight is 291 g/mol. The summed E-state index contributed by atoms with van der Waals surface area (Å²) in [7, 11) is -2.96. The summed E-state index contributed by atoms with van der Waals surface area (Å²) in [6, 6.07) is 14.5. The number of fused-ring (bicyclic) bond motifs is 1. The van der Waals surface area contributed by atoms with Gasteiger partial charge in [0.1, 0.15) is 9.84 Å². The zero-order valence-corrected chi connectivity index (χ0v) is 12.9. The first-order chi connectivity index (χ1) is 9.37. The Morgan fingerprint density at radius 2 is 1.70 bits per heavy atom. The highest BCUT2D eigenvalue weighted by Crippen LogP contribution is 2.24. The van der Waals surface area contributed by atoms with Crippen molar-refractivity contribution in [2.24, 2.45) is 0 Å². The van der Waals surface area contributed by atoms with Gasteiger partial charge < -0.3 is 5.32 Å². The fourth-order valence-corrected chi connectivity index (χ4v) is 3.65. The Morgan fingerprint density at radius 3 is 2.40 bits per heavy atom. The molecule has 0 amide bonds. The number of hydrogen-bond donors (Lipinski definition) is 1. The van der Waals surface area contributed by atoms with Crippen molar-refractivity contribution in [3.63, 3.8) is 0 Å². The monoisotopic (exact) mass is 291 g/mol. The second-order valence-corrected chi connectivity index (χ2v) is 7.64. The molecular weight excluding hydrogens is 270 g/mol.